The van der Waals surface area contributed by atoms with Crippen LogP contribution in [0.1, 0.15) is 24.8 Å². The summed E-state index contributed by atoms with van der Waals surface area (Å²) in [6.07, 6.45) is -0.470. The first-order chi connectivity index (χ1) is 11.0. The van der Waals surface area contributed by atoms with E-state index < -0.39 is 30.0 Å². The van der Waals surface area contributed by atoms with E-state index >= 15 is 0 Å². The number of amides is 1. The highest BCUT2D eigenvalue weighted by Gasteiger charge is 2.36. The summed E-state index contributed by atoms with van der Waals surface area (Å²) in [7, 11) is 0. The van der Waals surface area contributed by atoms with Gasteiger partial charge in [0.25, 0.3) is 0 Å². The van der Waals surface area contributed by atoms with Crippen molar-refractivity contribution >= 4 is 18.0 Å². The first-order valence-corrected chi connectivity index (χ1v) is 7.39. The number of hydrogen-bond acceptors (Lipinski definition) is 4. The lowest BCUT2D eigenvalue weighted by molar-refractivity contribution is -0.146. The minimum Gasteiger partial charge on any atom is -0.481 e. The minimum atomic E-state index is -1.07. The Kier molecular flexibility index (Phi) is 5.56. The highest BCUT2D eigenvalue weighted by molar-refractivity contribution is 5.74. The van der Waals surface area contributed by atoms with Crippen LogP contribution in [-0.4, -0.2) is 45.7 Å². The molecule has 1 heterocycles. The maximum absolute atomic E-state index is 12.2. The maximum Gasteiger partial charge on any atom is 0.410 e. The Morgan fingerprint density at radius 2 is 1.87 bits per heavy atom. The predicted octanol–water partition coefficient (Wildman–Crippen LogP) is 1.96. The van der Waals surface area contributed by atoms with E-state index in [2.05, 4.69) is 0 Å². The molecule has 1 fully saturated rings. The largest absolute Gasteiger partial charge is 0.481 e. The SMILES string of the molecule is O=C(O)C[C@H]1C[C@H](C(=O)O)CCN1C(=O)OCc1ccccc1. The van der Waals surface area contributed by atoms with E-state index in [0.717, 1.165) is 5.56 Å². The Bertz CT molecular complexity index is 573. The number of rotatable bonds is 5. The van der Waals surface area contributed by atoms with Gasteiger partial charge in [0.1, 0.15) is 6.61 Å². The third-order valence-electron chi connectivity index (χ3n) is 3.91. The number of carbonyl (C=O) groups is 3. The summed E-state index contributed by atoms with van der Waals surface area (Å²) >= 11 is 0. The third-order valence-corrected chi connectivity index (χ3v) is 3.91. The molecule has 0 spiro atoms. The molecular weight excluding hydrogens is 302 g/mol. The fourth-order valence-corrected chi connectivity index (χ4v) is 2.71. The van der Waals surface area contributed by atoms with Crippen molar-refractivity contribution in [3.63, 3.8) is 0 Å². The molecule has 2 atom stereocenters. The minimum absolute atomic E-state index is 0.0956. The number of nitrogens with zero attached hydrogens (tertiary/aromatic N) is 1. The van der Waals surface area contributed by atoms with Crippen molar-refractivity contribution in [2.75, 3.05) is 6.54 Å². The van der Waals surface area contributed by atoms with Gasteiger partial charge < -0.3 is 19.8 Å². The van der Waals surface area contributed by atoms with Crippen LogP contribution in [0, 0.1) is 5.92 Å². The van der Waals surface area contributed by atoms with Crippen LogP contribution in [0.2, 0.25) is 0 Å². The summed E-state index contributed by atoms with van der Waals surface area (Å²) in [5.74, 6) is -2.66. The number of carboxylic acid groups (broad SMARTS) is 2. The molecule has 124 valence electrons. The first-order valence-electron chi connectivity index (χ1n) is 7.39. The van der Waals surface area contributed by atoms with E-state index in [0.29, 0.717) is 6.42 Å². The predicted molar refractivity (Wildman–Crippen MR) is 79.7 cm³/mol. The maximum atomic E-state index is 12.2. The van der Waals surface area contributed by atoms with Crippen LogP contribution in [-0.2, 0) is 20.9 Å². The Morgan fingerprint density at radius 3 is 2.48 bits per heavy atom. The van der Waals surface area contributed by atoms with Crippen molar-refractivity contribution in [3.8, 4) is 0 Å². The summed E-state index contributed by atoms with van der Waals surface area (Å²) in [6, 6.07) is 8.48. The quantitative estimate of drug-likeness (QED) is 0.859. The second kappa shape index (κ2) is 7.62. The number of likely N-dealkylation sites (tertiary alicyclic amines) is 1. The molecule has 1 amide bonds. The second-order valence-electron chi connectivity index (χ2n) is 5.54. The van der Waals surface area contributed by atoms with Gasteiger partial charge in [-0.1, -0.05) is 30.3 Å². The average molecular weight is 321 g/mol. The van der Waals surface area contributed by atoms with Gasteiger partial charge in [-0.15, -0.1) is 0 Å². The van der Waals surface area contributed by atoms with Crippen LogP contribution >= 0.6 is 0 Å². The molecule has 0 saturated carbocycles. The van der Waals surface area contributed by atoms with Crippen molar-refractivity contribution in [1.29, 1.82) is 0 Å². The molecule has 1 saturated heterocycles. The summed E-state index contributed by atoms with van der Waals surface area (Å²) in [5, 5.41) is 18.1. The van der Waals surface area contributed by atoms with Crippen LogP contribution in [0.4, 0.5) is 4.79 Å². The molecule has 0 bridgehead atoms. The number of ether oxygens (including phenoxy) is 1. The van der Waals surface area contributed by atoms with E-state index in [9.17, 15) is 14.4 Å². The molecular formula is C16H19NO6. The van der Waals surface area contributed by atoms with Crippen LogP contribution in [0.25, 0.3) is 0 Å². The average Bonchev–Trinajstić information content (AvgIpc) is 2.53. The molecule has 1 aromatic carbocycles. The van der Waals surface area contributed by atoms with Gasteiger partial charge in [-0.25, -0.2) is 4.79 Å². The molecule has 7 heteroatoms. The highest BCUT2D eigenvalue weighted by Crippen LogP contribution is 2.26. The van der Waals surface area contributed by atoms with E-state index in [-0.39, 0.29) is 26.0 Å². The number of aliphatic carboxylic acids is 2. The molecule has 1 aliphatic rings. The normalized spacial score (nSPS) is 20.8. The van der Waals surface area contributed by atoms with Crippen LogP contribution < -0.4 is 0 Å². The lowest BCUT2D eigenvalue weighted by Gasteiger charge is -2.36. The Hall–Kier alpha value is -2.57. The van der Waals surface area contributed by atoms with Gasteiger partial charge in [0.2, 0.25) is 0 Å². The summed E-state index contributed by atoms with van der Waals surface area (Å²) in [6.45, 7) is 0.279. The smallest absolute Gasteiger partial charge is 0.410 e. The fourth-order valence-electron chi connectivity index (χ4n) is 2.71. The number of benzene rings is 1. The summed E-state index contributed by atoms with van der Waals surface area (Å²) < 4.78 is 5.22. The molecule has 7 nitrogen and oxygen atoms in total. The molecule has 23 heavy (non-hydrogen) atoms. The number of carboxylic acids is 2. The zero-order valence-electron chi connectivity index (χ0n) is 12.6. The molecule has 0 aliphatic carbocycles. The Morgan fingerprint density at radius 1 is 1.17 bits per heavy atom. The van der Waals surface area contributed by atoms with Crippen molar-refractivity contribution < 1.29 is 29.3 Å². The molecule has 1 aliphatic heterocycles. The van der Waals surface area contributed by atoms with Gasteiger partial charge in [0.15, 0.2) is 0 Å². The van der Waals surface area contributed by atoms with E-state index in [1.165, 1.54) is 4.90 Å². The topological polar surface area (TPSA) is 104 Å². The van der Waals surface area contributed by atoms with Gasteiger partial charge in [-0.2, -0.15) is 0 Å². The van der Waals surface area contributed by atoms with Gasteiger partial charge >= 0.3 is 18.0 Å². The highest BCUT2D eigenvalue weighted by atomic mass is 16.6. The number of piperidine rings is 1. The van der Waals surface area contributed by atoms with Crippen molar-refractivity contribution in [2.45, 2.75) is 31.9 Å². The van der Waals surface area contributed by atoms with Crippen LogP contribution in [0.15, 0.2) is 30.3 Å². The van der Waals surface area contributed by atoms with E-state index in [1.54, 1.807) is 0 Å². The second-order valence-corrected chi connectivity index (χ2v) is 5.54. The number of hydrogen-bond donors (Lipinski definition) is 2. The Balaban J connectivity index is 1.98. The standard InChI is InChI=1S/C16H19NO6/c18-14(19)9-13-8-12(15(20)21)6-7-17(13)16(22)23-10-11-4-2-1-3-5-11/h1-5,12-13H,6-10H2,(H,18,19)(H,20,21)/t12-,13-/m1/s1. The molecule has 2 N–H and O–H groups in total. The van der Waals surface area contributed by atoms with Crippen LogP contribution in [0.5, 0.6) is 0 Å². The molecule has 0 unspecified atom stereocenters. The lowest BCUT2D eigenvalue weighted by atomic mass is 9.89. The van der Waals surface area contributed by atoms with Gasteiger partial charge in [0, 0.05) is 12.6 Å². The van der Waals surface area contributed by atoms with Crippen LogP contribution in [0.3, 0.4) is 0 Å². The first kappa shape index (κ1) is 16.8. The molecule has 1 aromatic rings. The lowest BCUT2D eigenvalue weighted by Crippen LogP contribution is -2.48. The van der Waals surface area contributed by atoms with Crippen molar-refractivity contribution in [3.05, 3.63) is 35.9 Å². The van der Waals surface area contributed by atoms with Gasteiger partial charge in [-0.05, 0) is 18.4 Å². The third kappa shape index (κ3) is 4.70. The van der Waals surface area contributed by atoms with Crippen molar-refractivity contribution in [2.24, 2.45) is 5.92 Å². The van der Waals surface area contributed by atoms with Crippen molar-refractivity contribution in [1.82, 2.24) is 4.90 Å². The van der Waals surface area contributed by atoms with E-state index in [1.807, 2.05) is 30.3 Å². The summed E-state index contributed by atoms with van der Waals surface area (Å²) in [4.78, 5) is 35.6. The molecule has 2 rings (SSSR count). The monoisotopic (exact) mass is 321 g/mol. The zero-order chi connectivity index (χ0) is 16.8. The Labute approximate surface area is 133 Å². The van der Waals surface area contributed by atoms with Gasteiger partial charge in [-0.3, -0.25) is 9.59 Å². The van der Waals surface area contributed by atoms with E-state index in [4.69, 9.17) is 14.9 Å². The number of carbonyl (C=O) groups excluding carboxylic acids is 1. The fraction of sp³-hybridized carbons (Fsp3) is 0.438. The van der Waals surface area contributed by atoms with Gasteiger partial charge in [0.05, 0.1) is 12.3 Å². The summed E-state index contributed by atoms with van der Waals surface area (Å²) in [5.41, 5.74) is 0.830. The zero-order valence-corrected chi connectivity index (χ0v) is 12.6. The molecule has 0 aromatic heterocycles. The molecule has 0 radical (unpaired) electrons.